The van der Waals surface area contributed by atoms with Crippen molar-refractivity contribution in [2.45, 2.75) is 39.8 Å². The Bertz CT molecular complexity index is 860. The molecule has 5 nitrogen and oxygen atoms in total. The molecule has 1 N–H and O–H groups in total. The Balaban J connectivity index is 2.15. The molecule has 0 aromatic heterocycles. The largest absolute Gasteiger partial charge is 0.483 e. The van der Waals surface area contributed by atoms with Gasteiger partial charge in [0.05, 0.1) is 4.47 Å². The van der Waals surface area contributed by atoms with Gasteiger partial charge in [-0.3, -0.25) is 9.59 Å². The molecule has 0 aliphatic carbocycles. The van der Waals surface area contributed by atoms with E-state index in [4.69, 9.17) is 16.3 Å². The summed E-state index contributed by atoms with van der Waals surface area (Å²) in [5.41, 5.74) is 2.01. The molecule has 2 rings (SSSR count). The van der Waals surface area contributed by atoms with Crippen molar-refractivity contribution < 1.29 is 14.3 Å². The van der Waals surface area contributed by atoms with Gasteiger partial charge in [0.25, 0.3) is 5.91 Å². The molecule has 1 atom stereocenters. The average molecular weight is 482 g/mol. The molecule has 1 unspecified atom stereocenters. The van der Waals surface area contributed by atoms with Crippen LogP contribution in [0.2, 0.25) is 5.02 Å². The first-order valence-electron chi connectivity index (χ1n) is 9.58. The number of hydrogen-bond acceptors (Lipinski definition) is 3. The van der Waals surface area contributed by atoms with E-state index < -0.39 is 6.04 Å². The average Bonchev–Trinajstić information content (AvgIpc) is 2.70. The number of benzene rings is 2. The molecule has 0 aliphatic rings. The maximum absolute atomic E-state index is 13.0. The molecule has 0 saturated heterocycles. The fraction of sp³-hybridized carbons (Fsp3) is 0.364. The Labute approximate surface area is 185 Å². The molecule has 2 amide bonds. The quantitative estimate of drug-likeness (QED) is 0.569. The highest BCUT2D eigenvalue weighted by molar-refractivity contribution is 9.10. The lowest BCUT2D eigenvalue weighted by atomic mass is 10.1. The van der Waals surface area contributed by atoms with Crippen LogP contribution < -0.4 is 10.1 Å². The molecular weight excluding hydrogens is 456 g/mol. The number of nitrogens with zero attached hydrogens (tertiary/aromatic N) is 1. The highest BCUT2D eigenvalue weighted by Crippen LogP contribution is 2.26. The third-order valence-corrected chi connectivity index (χ3v) is 5.37. The number of rotatable bonds is 9. The minimum absolute atomic E-state index is 0.172. The van der Waals surface area contributed by atoms with Gasteiger partial charge in [-0.15, -0.1) is 0 Å². The zero-order chi connectivity index (χ0) is 21.4. The van der Waals surface area contributed by atoms with E-state index in [-0.39, 0.29) is 25.0 Å². The summed E-state index contributed by atoms with van der Waals surface area (Å²) in [6.07, 6.45) is 0.912. The first-order chi connectivity index (χ1) is 13.8. The second-order valence-corrected chi connectivity index (χ2v) is 7.92. The maximum Gasteiger partial charge on any atom is 0.261 e. The first-order valence-corrected chi connectivity index (χ1v) is 10.8. The van der Waals surface area contributed by atoms with Gasteiger partial charge in [-0.1, -0.05) is 36.7 Å². The molecule has 7 heteroatoms. The fourth-order valence-electron chi connectivity index (χ4n) is 2.84. The smallest absolute Gasteiger partial charge is 0.261 e. The Morgan fingerprint density at radius 2 is 1.93 bits per heavy atom. The summed E-state index contributed by atoms with van der Waals surface area (Å²) in [6.45, 7) is 6.21. The predicted octanol–water partition coefficient (Wildman–Crippen LogP) is 4.60. The number of ether oxygens (including phenoxy) is 1. The van der Waals surface area contributed by atoms with E-state index in [9.17, 15) is 9.59 Å². The summed E-state index contributed by atoms with van der Waals surface area (Å²) in [6, 6.07) is 12.4. The van der Waals surface area contributed by atoms with Crippen LogP contribution in [0.1, 0.15) is 31.9 Å². The minimum atomic E-state index is -0.643. The second-order valence-electron chi connectivity index (χ2n) is 6.63. The van der Waals surface area contributed by atoms with Gasteiger partial charge in [0, 0.05) is 18.1 Å². The van der Waals surface area contributed by atoms with Crippen LogP contribution in [-0.4, -0.2) is 35.9 Å². The predicted molar refractivity (Wildman–Crippen MR) is 119 cm³/mol. The van der Waals surface area contributed by atoms with Crippen molar-refractivity contribution in [2.24, 2.45) is 0 Å². The number of likely N-dealkylation sites (N-methyl/N-ethyl adjacent to an activating group) is 1. The zero-order valence-electron chi connectivity index (χ0n) is 16.9. The molecule has 0 radical (unpaired) electrons. The summed E-state index contributed by atoms with van der Waals surface area (Å²) in [5.74, 6) is 0.0930. The number of carbonyl (C=O) groups is 2. The van der Waals surface area contributed by atoms with Crippen LogP contribution in [-0.2, 0) is 22.6 Å². The number of halogens is 2. The van der Waals surface area contributed by atoms with Crippen LogP contribution >= 0.6 is 27.5 Å². The van der Waals surface area contributed by atoms with Crippen molar-refractivity contribution in [3.63, 3.8) is 0 Å². The molecule has 29 heavy (non-hydrogen) atoms. The van der Waals surface area contributed by atoms with E-state index in [1.54, 1.807) is 19.1 Å². The van der Waals surface area contributed by atoms with Crippen molar-refractivity contribution in [1.82, 2.24) is 10.2 Å². The van der Waals surface area contributed by atoms with Crippen molar-refractivity contribution >= 4 is 39.3 Å². The molecule has 2 aromatic rings. The Kier molecular flexibility index (Phi) is 8.99. The molecular formula is C22H26BrClN2O3. The van der Waals surface area contributed by atoms with Gasteiger partial charge in [-0.2, -0.15) is 0 Å². The van der Waals surface area contributed by atoms with Gasteiger partial charge >= 0.3 is 0 Å². The fourth-order valence-corrected chi connectivity index (χ4v) is 3.59. The molecule has 156 valence electrons. The minimum Gasteiger partial charge on any atom is -0.483 e. The van der Waals surface area contributed by atoms with Crippen molar-refractivity contribution in [3.8, 4) is 5.75 Å². The summed E-state index contributed by atoms with van der Waals surface area (Å²) in [5, 5.41) is 3.35. The van der Waals surface area contributed by atoms with Gasteiger partial charge in [0.15, 0.2) is 6.61 Å². The molecule has 2 aromatic carbocycles. The van der Waals surface area contributed by atoms with Crippen molar-refractivity contribution in [1.29, 1.82) is 0 Å². The highest BCUT2D eigenvalue weighted by Gasteiger charge is 2.26. The van der Waals surface area contributed by atoms with Gasteiger partial charge in [0.1, 0.15) is 11.8 Å². The lowest BCUT2D eigenvalue weighted by Gasteiger charge is -2.28. The lowest BCUT2D eigenvalue weighted by Crippen LogP contribution is -2.49. The molecule has 0 fully saturated rings. The van der Waals surface area contributed by atoms with Crippen LogP contribution in [0.3, 0.4) is 0 Å². The van der Waals surface area contributed by atoms with Gasteiger partial charge in [-0.25, -0.2) is 0 Å². The van der Waals surface area contributed by atoms with Crippen LogP contribution in [0, 0.1) is 0 Å². The van der Waals surface area contributed by atoms with E-state index >= 15 is 0 Å². The van der Waals surface area contributed by atoms with E-state index in [1.807, 2.05) is 37.3 Å². The third-order valence-electron chi connectivity index (χ3n) is 4.52. The lowest BCUT2D eigenvalue weighted by molar-refractivity contribution is -0.142. The van der Waals surface area contributed by atoms with Crippen LogP contribution in [0.4, 0.5) is 0 Å². The number of carbonyl (C=O) groups excluding carboxylic acids is 2. The second kappa shape index (κ2) is 11.2. The summed E-state index contributed by atoms with van der Waals surface area (Å²) in [7, 11) is 0. The molecule has 0 bridgehead atoms. The van der Waals surface area contributed by atoms with Crippen molar-refractivity contribution in [3.05, 3.63) is 63.1 Å². The van der Waals surface area contributed by atoms with Crippen LogP contribution in [0.15, 0.2) is 46.9 Å². The van der Waals surface area contributed by atoms with Gasteiger partial charge in [0.2, 0.25) is 5.91 Å². The van der Waals surface area contributed by atoms with Crippen molar-refractivity contribution in [2.75, 3.05) is 13.2 Å². The summed E-state index contributed by atoms with van der Waals surface area (Å²) in [4.78, 5) is 26.8. The highest BCUT2D eigenvalue weighted by atomic mass is 79.9. The molecule has 0 saturated carbocycles. The van der Waals surface area contributed by atoms with Gasteiger partial charge in [-0.05, 0) is 71.6 Å². The zero-order valence-corrected chi connectivity index (χ0v) is 19.2. The van der Waals surface area contributed by atoms with Gasteiger partial charge < -0.3 is 15.0 Å². The Morgan fingerprint density at radius 3 is 2.55 bits per heavy atom. The molecule has 0 spiro atoms. The summed E-state index contributed by atoms with van der Waals surface area (Å²) >= 11 is 9.55. The first kappa shape index (κ1) is 23.2. The van der Waals surface area contributed by atoms with E-state index in [0.717, 1.165) is 16.5 Å². The van der Waals surface area contributed by atoms with Crippen LogP contribution in [0.5, 0.6) is 5.75 Å². The number of amides is 2. The van der Waals surface area contributed by atoms with E-state index in [0.29, 0.717) is 17.3 Å². The molecule has 0 aliphatic heterocycles. The van der Waals surface area contributed by atoms with E-state index in [2.05, 4.69) is 28.2 Å². The molecule has 0 heterocycles. The number of aryl methyl sites for hydroxylation is 1. The monoisotopic (exact) mass is 480 g/mol. The topological polar surface area (TPSA) is 58.6 Å². The van der Waals surface area contributed by atoms with E-state index in [1.165, 1.54) is 10.5 Å². The summed E-state index contributed by atoms with van der Waals surface area (Å²) < 4.78 is 6.53. The number of nitrogens with one attached hydrogen (secondary N) is 1. The van der Waals surface area contributed by atoms with Crippen LogP contribution in [0.25, 0.3) is 0 Å². The maximum atomic E-state index is 13.0. The standard InChI is InChI=1S/C22H26BrClN2O3/c1-4-16-9-10-20(19(23)12-16)29-14-21(27)26(15(3)22(28)25-5-2)13-17-7-6-8-18(24)11-17/h6-12,15H,4-5,13-14H2,1-3H3,(H,25,28). The Morgan fingerprint density at radius 1 is 1.17 bits per heavy atom. The normalized spacial score (nSPS) is 11.6. The SMILES string of the molecule is CCNC(=O)C(C)N(Cc1cccc(Cl)c1)C(=O)COc1ccc(CC)cc1Br. The number of hydrogen-bond donors (Lipinski definition) is 1. The third kappa shape index (κ3) is 6.75. The Hall–Kier alpha value is -2.05.